The molecule has 0 bridgehead atoms. The van der Waals surface area contributed by atoms with Crippen LogP contribution in [-0.4, -0.2) is 82.0 Å². The molecule has 3 rings (SSSR count). The Morgan fingerprint density at radius 1 is 1.04 bits per heavy atom. The highest BCUT2D eigenvalue weighted by Gasteiger charge is 2.32. The Hall–Kier alpha value is -1.83. The van der Waals surface area contributed by atoms with Gasteiger partial charge in [-0.2, -0.15) is 0 Å². The number of methoxy groups -OCH3 is 2. The minimum absolute atomic E-state index is 0.273. The quantitative estimate of drug-likeness (QED) is 0.530. The smallest absolute Gasteiger partial charge is 0.330 e. The van der Waals surface area contributed by atoms with Crippen molar-refractivity contribution >= 4 is 5.97 Å². The molecule has 0 spiro atoms. The summed E-state index contributed by atoms with van der Waals surface area (Å²) in [7, 11) is 3.11. The fraction of sp³-hybridized carbons (Fsp3) is 0.650. The van der Waals surface area contributed by atoms with E-state index in [9.17, 15) is 4.79 Å². The zero-order valence-corrected chi connectivity index (χ0v) is 16.3. The van der Waals surface area contributed by atoms with E-state index in [-0.39, 0.29) is 12.0 Å². The number of ether oxygens (including phenoxy) is 4. The van der Waals surface area contributed by atoms with E-state index >= 15 is 0 Å². The molecular formula is C20H30N2O5. The Balaban J connectivity index is 1.77. The summed E-state index contributed by atoms with van der Waals surface area (Å²) in [6.45, 7) is 5.49. The minimum Gasteiger partial charge on any atom is -0.493 e. The molecule has 2 heterocycles. The summed E-state index contributed by atoms with van der Waals surface area (Å²) in [6, 6.07) is 5.00. The molecule has 7 nitrogen and oxygen atoms in total. The number of likely N-dealkylation sites (tertiary alicyclic amines) is 1. The highest BCUT2D eigenvalue weighted by molar-refractivity contribution is 5.80. The number of hydrogen-bond acceptors (Lipinski definition) is 7. The molecule has 0 radical (unpaired) electrons. The van der Waals surface area contributed by atoms with E-state index in [1.54, 1.807) is 26.4 Å². The molecule has 150 valence electrons. The summed E-state index contributed by atoms with van der Waals surface area (Å²) in [5, 5.41) is 0. The van der Waals surface area contributed by atoms with Crippen LogP contribution in [0, 0.1) is 0 Å². The molecule has 1 atom stereocenters. The van der Waals surface area contributed by atoms with Crippen LogP contribution in [0.5, 0.6) is 17.2 Å². The van der Waals surface area contributed by atoms with Crippen LogP contribution in [0.25, 0.3) is 0 Å². The monoisotopic (exact) mass is 378 g/mol. The molecule has 0 N–H and O–H groups in total. The van der Waals surface area contributed by atoms with Gasteiger partial charge >= 0.3 is 5.97 Å². The highest BCUT2D eigenvalue weighted by Crippen LogP contribution is 2.37. The number of piperidine rings is 1. The van der Waals surface area contributed by atoms with Gasteiger partial charge in [-0.15, -0.1) is 0 Å². The lowest BCUT2D eigenvalue weighted by Crippen LogP contribution is -2.54. The summed E-state index contributed by atoms with van der Waals surface area (Å²) < 4.78 is 22.0. The van der Waals surface area contributed by atoms with Crippen molar-refractivity contribution in [1.29, 1.82) is 0 Å². The maximum atomic E-state index is 13.2. The molecule has 2 aliphatic heterocycles. The standard InChI is InChI=1S/C20H30N2O5/c1-24-17-7-6-8-18(25-2)19(17)27-20(23)16(22-11-13-26-14-12-22)15-21-9-4-3-5-10-21/h6-8,16H,3-5,9-15H2,1-2H3. The molecule has 1 unspecified atom stereocenters. The van der Waals surface area contributed by atoms with Crippen LogP contribution >= 0.6 is 0 Å². The molecule has 2 aliphatic rings. The second kappa shape index (κ2) is 9.92. The highest BCUT2D eigenvalue weighted by atomic mass is 16.6. The van der Waals surface area contributed by atoms with Gasteiger partial charge in [-0.1, -0.05) is 12.5 Å². The van der Waals surface area contributed by atoms with Gasteiger partial charge in [0.2, 0.25) is 5.75 Å². The summed E-state index contributed by atoms with van der Waals surface area (Å²) >= 11 is 0. The molecule has 0 saturated carbocycles. The van der Waals surface area contributed by atoms with Gasteiger partial charge in [-0.05, 0) is 38.1 Å². The first-order chi connectivity index (χ1) is 13.2. The summed E-state index contributed by atoms with van der Waals surface area (Å²) in [5.41, 5.74) is 0. The van der Waals surface area contributed by atoms with E-state index in [1.807, 2.05) is 6.07 Å². The fourth-order valence-electron chi connectivity index (χ4n) is 3.70. The third kappa shape index (κ3) is 5.12. The lowest BCUT2D eigenvalue weighted by molar-refractivity contribution is -0.143. The van der Waals surface area contributed by atoms with E-state index < -0.39 is 0 Å². The molecule has 0 amide bonds. The average molecular weight is 378 g/mol. The van der Waals surface area contributed by atoms with E-state index in [0.29, 0.717) is 37.0 Å². The first-order valence-electron chi connectivity index (χ1n) is 9.69. The molecule has 2 fully saturated rings. The van der Waals surface area contributed by atoms with Crippen molar-refractivity contribution in [2.75, 3.05) is 60.2 Å². The number of carbonyl (C=O) groups excluding carboxylic acids is 1. The second-order valence-corrected chi connectivity index (χ2v) is 6.94. The largest absolute Gasteiger partial charge is 0.493 e. The van der Waals surface area contributed by atoms with Crippen LogP contribution in [0.2, 0.25) is 0 Å². The molecular weight excluding hydrogens is 348 g/mol. The third-order valence-corrected chi connectivity index (χ3v) is 5.22. The molecule has 1 aromatic carbocycles. The van der Waals surface area contributed by atoms with Gasteiger partial charge in [0.05, 0.1) is 27.4 Å². The van der Waals surface area contributed by atoms with Crippen LogP contribution in [0.4, 0.5) is 0 Å². The first-order valence-corrected chi connectivity index (χ1v) is 9.69. The molecule has 27 heavy (non-hydrogen) atoms. The zero-order valence-electron chi connectivity index (χ0n) is 16.3. The normalized spacial score (nSPS) is 20.1. The topological polar surface area (TPSA) is 60.5 Å². The molecule has 1 aromatic rings. The Labute approximate surface area is 161 Å². The zero-order chi connectivity index (χ0) is 19.1. The number of nitrogens with zero attached hydrogens (tertiary/aromatic N) is 2. The summed E-state index contributed by atoms with van der Waals surface area (Å²) in [4.78, 5) is 17.7. The lowest BCUT2D eigenvalue weighted by Gasteiger charge is -2.37. The summed E-state index contributed by atoms with van der Waals surface area (Å²) in [6.07, 6.45) is 3.64. The van der Waals surface area contributed by atoms with E-state index in [0.717, 1.165) is 26.2 Å². The van der Waals surface area contributed by atoms with Crippen LogP contribution in [0.15, 0.2) is 18.2 Å². The van der Waals surface area contributed by atoms with Gasteiger partial charge in [0.15, 0.2) is 11.5 Å². The predicted octanol–water partition coefficient (Wildman–Crippen LogP) is 1.80. The Kier molecular flexibility index (Phi) is 7.32. The van der Waals surface area contributed by atoms with Crippen molar-refractivity contribution in [2.45, 2.75) is 25.3 Å². The van der Waals surface area contributed by atoms with Crippen molar-refractivity contribution in [3.8, 4) is 17.2 Å². The Bertz CT molecular complexity index is 590. The van der Waals surface area contributed by atoms with E-state index in [4.69, 9.17) is 18.9 Å². The third-order valence-electron chi connectivity index (χ3n) is 5.22. The summed E-state index contributed by atoms with van der Waals surface area (Å²) in [5.74, 6) is 1.04. The van der Waals surface area contributed by atoms with Gasteiger partial charge in [-0.25, -0.2) is 4.79 Å². The molecule has 0 aliphatic carbocycles. The maximum Gasteiger partial charge on any atom is 0.330 e. The van der Waals surface area contributed by atoms with Crippen LogP contribution < -0.4 is 14.2 Å². The number of esters is 1. The van der Waals surface area contributed by atoms with Crippen molar-refractivity contribution in [3.63, 3.8) is 0 Å². The number of para-hydroxylation sites is 1. The average Bonchev–Trinajstić information content (AvgIpc) is 2.73. The first kappa shape index (κ1) is 19.9. The van der Waals surface area contributed by atoms with Gasteiger partial charge in [0.1, 0.15) is 6.04 Å². The number of benzene rings is 1. The lowest BCUT2D eigenvalue weighted by atomic mass is 10.1. The molecule has 0 aromatic heterocycles. The number of morpholine rings is 1. The number of hydrogen-bond donors (Lipinski definition) is 0. The SMILES string of the molecule is COc1cccc(OC)c1OC(=O)C(CN1CCCCC1)N1CCOCC1. The van der Waals surface area contributed by atoms with Gasteiger partial charge in [0, 0.05) is 19.6 Å². The maximum absolute atomic E-state index is 13.2. The van der Waals surface area contributed by atoms with Gasteiger partial charge in [0.25, 0.3) is 0 Å². The van der Waals surface area contributed by atoms with Crippen molar-refractivity contribution in [2.24, 2.45) is 0 Å². The molecule has 2 saturated heterocycles. The minimum atomic E-state index is -0.332. The Morgan fingerprint density at radius 3 is 2.26 bits per heavy atom. The van der Waals surface area contributed by atoms with Crippen molar-refractivity contribution in [3.05, 3.63) is 18.2 Å². The Morgan fingerprint density at radius 2 is 1.67 bits per heavy atom. The van der Waals surface area contributed by atoms with Crippen LogP contribution in [0.1, 0.15) is 19.3 Å². The van der Waals surface area contributed by atoms with Crippen LogP contribution in [0.3, 0.4) is 0 Å². The van der Waals surface area contributed by atoms with Crippen molar-refractivity contribution < 1.29 is 23.7 Å². The molecule has 7 heteroatoms. The predicted molar refractivity (Wildman–Crippen MR) is 102 cm³/mol. The second-order valence-electron chi connectivity index (χ2n) is 6.94. The van der Waals surface area contributed by atoms with Crippen molar-refractivity contribution in [1.82, 2.24) is 9.80 Å². The van der Waals surface area contributed by atoms with Crippen LogP contribution in [-0.2, 0) is 9.53 Å². The fourth-order valence-corrected chi connectivity index (χ4v) is 3.70. The van der Waals surface area contributed by atoms with E-state index in [1.165, 1.54) is 19.3 Å². The van der Waals surface area contributed by atoms with Gasteiger partial charge in [-0.3, -0.25) is 4.90 Å². The number of rotatable bonds is 7. The number of carbonyl (C=O) groups is 1. The van der Waals surface area contributed by atoms with E-state index in [2.05, 4.69) is 9.80 Å². The van der Waals surface area contributed by atoms with Gasteiger partial charge < -0.3 is 23.8 Å².